The zero-order valence-electron chi connectivity index (χ0n) is 20.8. The molecule has 0 bridgehead atoms. The summed E-state index contributed by atoms with van der Waals surface area (Å²) in [6.45, 7) is 8.32. The van der Waals surface area contributed by atoms with Gasteiger partial charge in [0, 0.05) is 37.3 Å². The van der Waals surface area contributed by atoms with Crippen LogP contribution in [-0.4, -0.2) is 72.6 Å². The van der Waals surface area contributed by atoms with E-state index in [-0.39, 0.29) is 23.4 Å². The molecule has 2 heterocycles. The third-order valence-corrected chi connectivity index (χ3v) is 6.64. The first-order chi connectivity index (χ1) is 17.4. The first kappa shape index (κ1) is 25.9. The number of aryl methyl sites for hydroxylation is 1. The van der Waals surface area contributed by atoms with E-state index in [1.165, 1.54) is 11.0 Å². The van der Waals surface area contributed by atoms with Crippen molar-refractivity contribution in [3.8, 4) is 5.75 Å². The molecule has 0 aliphatic carbocycles. The number of rotatable bonds is 9. The monoisotopic (exact) mass is 496 g/mol. The second-order valence-electron chi connectivity index (χ2n) is 9.15. The van der Waals surface area contributed by atoms with E-state index in [1.54, 1.807) is 43.3 Å². The molecule has 1 amide bonds. The van der Waals surface area contributed by atoms with Gasteiger partial charge in [-0.3, -0.25) is 14.5 Å². The fourth-order valence-electron chi connectivity index (χ4n) is 4.78. The molecule has 2 aliphatic rings. The molecule has 0 saturated carbocycles. The Hall–Kier alpha value is -3.23. The van der Waals surface area contributed by atoms with Gasteiger partial charge in [-0.15, -0.1) is 0 Å². The molecular weight excluding hydrogens is 463 g/mol. The van der Waals surface area contributed by atoms with E-state index in [0.29, 0.717) is 43.1 Å². The van der Waals surface area contributed by atoms with Gasteiger partial charge in [-0.25, -0.2) is 4.39 Å². The SMILES string of the molecule is CCCOc1ccc(/C(O)=C2\C(=O)C(=O)N(CCCN3CCOCC3)C2c2ccccc2F)c(C)c1. The minimum absolute atomic E-state index is 0.0956. The Labute approximate surface area is 211 Å². The van der Waals surface area contributed by atoms with Gasteiger partial charge in [0.2, 0.25) is 0 Å². The summed E-state index contributed by atoms with van der Waals surface area (Å²) < 4.78 is 26.0. The van der Waals surface area contributed by atoms with E-state index in [9.17, 15) is 19.1 Å². The number of hydrogen-bond donors (Lipinski definition) is 1. The van der Waals surface area contributed by atoms with Crippen LogP contribution in [0, 0.1) is 12.7 Å². The number of ether oxygens (including phenoxy) is 2. The number of halogens is 1. The highest BCUT2D eigenvalue weighted by atomic mass is 19.1. The number of likely N-dealkylation sites (tertiary alicyclic amines) is 1. The van der Waals surface area contributed by atoms with E-state index in [2.05, 4.69) is 4.90 Å². The Morgan fingerprint density at radius 2 is 1.89 bits per heavy atom. The molecule has 36 heavy (non-hydrogen) atoms. The predicted octanol–water partition coefficient (Wildman–Crippen LogP) is 4.07. The van der Waals surface area contributed by atoms with Gasteiger partial charge in [0.15, 0.2) is 0 Å². The number of ketones is 1. The number of benzene rings is 2. The molecule has 7 nitrogen and oxygen atoms in total. The lowest BCUT2D eigenvalue weighted by Crippen LogP contribution is -2.39. The molecule has 1 unspecified atom stereocenters. The third-order valence-electron chi connectivity index (χ3n) is 6.64. The van der Waals surface area contributed by atoms with Crippen molar-refractivity contribution in [2.75, 3.05) is 46.0 Å². The normalized spacial score (nSPS) is 20.2. The van der Waals surface area contributed by atoms with E-state index >= 15 is 0 Å². The second kappa shape index (κ2) is 11.7. The zero-order chi connectivity index (χ0) is 25.7. The average Bonchev–Trinajstić information content (AvgIpc) is 3.13. The van der Waals surface area contributed by atoms with E-state index in [4.69, 9.17) is 9.47 Å². The lowest BCUT2D eigenvalue weighted by Gasteiger charge is -2.29. The first-order valence-electron chi connectivity index (χ1n) is 12.5. The Morgan fingerprint density at radius 1 is 1.14 bits per heavy atom. The van der Waals surface area contributed by atoms with E-state index < -0.39 is 23.5 Å². The van der Waals surface area contributed by atoms with Crippen molar-refractivity contribution >= 4 is 17.4 Å². The van der Waals surface area contributed by atoms with Crippen molar-refractivity contribution in [2.24, 2.45) is 0 Å². The maximum atomic E-state index is 15.0. The predicted molar refractivity (Wildman–Crippen MR) is 134 cm³/mol. The number of aliphatic hydroxyl groups is 1. The van der Waals surface area contributed by atoms with Crippen LogP contribution in [0.2, 0.25) is 0 Å². The van der Waals surface area contributed by atoms with Crippen LogP contribution < -0.4 is 4.74 Å². The van der Waals surface area contributed by atoms with Gasteiger partial charge in [-0.1, -0.05) is 25.1 Å². The fraction of sp³-hybridized carbons (Fsp3) is 0.429. The maximum Gasteiger partial charge on any atom is 0.295 e. The number of aliphatic hydroxyl groups excluding tert-OH is 1. The molecule has 8 heteroatoms. The summed E-state index contributed by atoms with van der Waals surface area (Å²) in [6, 6.07) is 10.2. The quantitative estimate of drug-likeness (QED) is 0.320. The molecule has 2 aromatic carbocycles. The highest BCUT2D eigenvalue weighted by Crippen LogP contribution is 2.41. The zero-order valence-corrected chi connectivity index (χ0v) is 20.8. The lowest BCUT2D eigenvalue weighted by molar-refractivity contribution is -0.140. The first-order valence-corrected chi connectivity index (χ1v) is 12.5. The Kier molecular flexibility index (Phi) is 8.38. The molecule has 0 aromatic heterocycles. The Bertz CT molecular complexity index is 1140. The van der Waals surface area contributed by atoms with Crippen molar-refractivity contribution in [1.82, 2.24) is 9.80 Å². The fourth-order valence-corrected chi connectivity index (χ4v) is 4.78. The summed E-state index contributed by atoms with van der Waals surface area (Å²) in [7, 11) is 0. The van der Waals surface area contributed by atoms with E-state index in [0.717, 1.165) is 26.1 Å². The van der Waals surface area contributed by atoms with Gasteiger partial charge in [0.05, 0.1) is 31.4 Å². The van der Waals surface area contributed by atoms with Crippen LogP contribution >= 0.6 is 0 Å². The Balaban J connectivity index is 1.68. The van der Waals surface area contributed by atoms with Gasteiger partial charge in [0.25, 0.3) is 11.7 Å². The number of amides is 1. The van der Waals surface area contributed by atoms with Gasteiger partial charge >= 0.3 is 0 Å². The average molecular weight is 497 g/mol. The molecular formula is C28H33FN2O5. The maximum absolute atomic E-state index is 15.0. The van der Waals surface area contributed by atoms with E-state index in [1.807, 2.05) is 6.92 Å². The standard InChI is InChI=1S/C28H33FN2O5/c1-3-15-36-20-9-10-21(19(2)18-20)26(32)24-25(22-7-4-5-8-23(22)29)31(28(34)27(24)33)12-6-11-30-13-16-35-17-14-30/h4-5,7-10,18,25,32H,3,6,11-17H2,1-2H3/b26-24+. The molecule has 1 N–H and O–H groups in total. The highest BCUT2D eigenvalue weighted by Gasteiger charge is 2.46. The van der Waals surface area contributed by atoms with Crippen molar-refractivity contribution in [2.45, 2.75) is 32.7 Å². The molecule has 2 fully saturated rings. The smallest absolute Gasteiger partial charge is 0.295 e. The molecule has 2 saturated heterocycles. The van der Waals surface area contributed by atoms with Gasteiger partial charge in [-0.05, 0) is 49.6 Å². The molecule has 2 aromatic rings. The van der Waals surface area contributed by atoms with Crippen LogP contribution in [0.25, 0.3) is 5.76 Å². The molecule has 4 rings (SSSR count). The molecule has 192 valence electrons. The number of nitrogens with zero attached hydrogens (tertiary/aromatic N) is 2. The molecule has 1 atom stereocenters. The number of morpholine rings is 1. The van der Waals surface area contributed by atoms with Crippen molar-refractivity contribution in [1.29, 1.82) is 0 Å². The van der Waals surface area contributed by atoms with Crippen molar-refractivity contribution in [3.05, 3.63) is 70.5 Å². The number of carbonyl (C=O) groups excluding carboxylic acids is 2. The summed E-state index contributed by atoms with van der Waals surface area (Å²) in [5.41, 5.74) is 1.19. The summed E-state index contributed by atoms with van der Waals surface area (Å²) >= 11 is 0. The van der Waals surface area contributed by atoms with Crippen LogP contribution in [0.4, 0.5) is 4.39 Å². The molecule has 0 radical (unpaired) electrons. The minimum atomic E-state index is -1.01. The summed E-state index contributed by atoms with van der Waals surface area (Å²) in [5.74, 6) is -1.73. The van der Waals surface area contributed by atoms with Crippen LogP contribution in [-0.2, 0) is 14.3 Å². The molecule has 2 aliphatic heterocycles. The van der Waals surface area contributed by atoms with Crippen molar-refractivity contribution in [3.63, 3.8) is 0 Å². The minimum Gasteiger partial charge on any atom is -0.507 e. The number of carbonyl (C=O) groups is 2. The Morgan fingerprint density at radius 3 is 2.58 bits per heavy atom. The summed E-state index contributed by atoms with van der Waals surface area (Å²) in [6.07, 6.45) is 1.47. The van der Waals surface area contributed by atoms with Crippen LogP contribution in [0.5, 0.6) is 5.75 Å². The van der Waals surface area contributed by atoms with Gasteiger partial charge in [-0.2, -0.15) is 0 Å². The highest BCUT2D eigenvalue weighted by molar-refractivity contribution is 6.46. The second-order valence-corrected chi connectivity index (χ2v) is 9.15. The molecule has 0 spiro atoms. The number of hydrogen-bond acceptors (Lipinski definition) is 6. The van der Waals surface area contributed by atoms with Gasteiger partial charge in [0.1, 0.15) is 17.3 Å². The lowest BCUT2D eigenvalue weighted by atomic mass is 9.93. The largest absolute Gasteiger partial charge is 0.507 e. The van der Waals surface area contributed by atoms with Gasteiger partial charge < -0.3 is 19.5 Å². The van der Waals surface area contributed by atoms with Crippen LogP contribution in [0.15, 0.2) is 48.0 Å². The summed E-state index contributed by atoms with van der Waals surface area (Å²) in [4.78, 5) is 30.0. The number of Topliss-reactive ketones (excluding diaryl/α,β-unsaturated/α-hetero) is 1. The third kappa shape index (κ3) is 5.44. The topological polar surface area (TPSA) is 79.3 Å². The summed E-state index contributed by atoms with van der Waals surface area (Å²) in [5, 5.41) is 11.3. The van der Waals surface area contributed by atoms with Crippen LogP contribution in [0.3, 0.4) is 0 Å². The van der Waals surface area contributed by atoms with Crippen LogP contribution in [0.1, 0.15) is 42.5 Å². The van der Waals surface area contributed by atoms with Crippen molar-refractivity contribution < 1.29 is 28.6 Å².